The van der Waals surface area contributed by atoms with Crippen LogP contribution in [0.2, 0.25) is 0 Å². The van der Waals surface area contributed by atoms with Crippen LogP contribution in [0.1, 0.15) is 17.1 Å². The fraction of sp³-hybridized carbons (Fsp3) is 0.333. The van der Waals surface area contributed by atoms with Gasteiger partial charge in [-0.1, -0.05) is 0 Å². The summed E-state index contributed by atoms with van der Waals surface area (Å²) in [6.45, 7) is 6.93. The highest BCUT2D eigenvalue weighted by molar-refractivity contribution is 5.50. The number of aryl methyl sites for hydroxylation is 3. The molecule has 0 bridgehead atoms. The van der Waals surface area contributed by atoms with Crippen LogP contribution >= 0.6 is 0 Å². The number of hydrogen-bond donors (Lipinski definition) is 3. The van der Waals surface area contributed by atoms with E-state index in [4.69, 9.17) is 0 Å². The highest BCUT2D eigenvalue weighted by Crippen LogP contribution is 2.13. The summed E-state index contributed by atoms with van der Waals surface area (Å²) in [7, 11) is 0. The predicted octanol–water partition coefficient (Wildman–Crippen LogP) is 1.26. The molecule has 3 aromatic rings. The zero-order valence-corrected chi connectivity index (χ0v) is 13.3. The van der Waals surface area contributed by atoms with Crippen molar-refractivity contribution in [1.82, 2.24) is 24.6 Å². The molecule has 3 N–H and O–H groups in total. The van der Waals surface area contributed by atoms with Crippen LogP contribution in [0, 0.1) is 20.8 Å². The Morgan fingerprint density at radius 3 is 2.52 bits per heavy atom. The first kappa shape index (κ1) is 15.0. The Morgan fingerprint density at radius 1 is 1.00 bits per heavy atom. The number of fused-ring (bicyclic) bond motifs is 1. The van der Waals surface area contributed by atoms with Crippen LogP contribution < -0.4 is 16.2 Å². The number of nitrogens with one attached hydrogen (secondary N) is 3. The molecule has 120 valence electrons. The van der Waals surface area contributed by atoms with E-state index in [-0.39, 0.29) is 5.56 Å². The molecule has 8 heteroatoms. The Balaban J connectivity index is 1.66. The number of hydrogen-bond acceptors (Lipinski definition) is 6. The van der Waals surface area contributed by atoms with Gasteiger partial charge in [0, 0.05) is 42.7 Å². The second-order valence-corrected chi connectivity index (χ2v) is 5.43. The summed E-state index contributed by atoms with van der Waals surface area (Å²) in [5, 5.41) is 10.8. The van der Waals surface area contributed by atoms with E-state index in [9.17, 15) is 4.79 Å². The maximum Gasteiger partial charge on any atom is 0.252 e. The number of H-pyrrole nitrogens is 1. The molecule has 0 aliphatic rings. The van der Waals surface area contributed by atoms with Gasteiger partial charge in [-0.25, -0.2) is 9.97 Å². The van der Waals surface area contributed by atoms with E-state index < -0.39 is 0 Å². The summed E-state index contributed by atoms with van der Waals surface area (Å²) in [5.41, 5.74) is 3.19. The van der Waals surface area contributed by atoms with E-state index in [0.717, 1.165) is 22.9 Å². The standard InChI is InChI=1S/C15H19N7O/c1-9-6-12(22-13(18-9)7-11(3)21-22)16-4-5-17-15-19-10(2)8-14(23)20-15/h6-8,16H,4-5H2,1-3H3,(H2,17,19,20,23). The lowest BCUT2D eigenvalue weighted by atomic mass is 10.4. The fourth-order valence-corrected chi connectivity index (χ4v) is 2.37. The molecule has 0 unspecified atom stereocenters. The minimum atomic E-state index is -0.161. The van der Waals surface area contributed by atoms with Gasteiger partial charge in [0.05, 0.1) is 5.69 Å². The van der Waals surface area contributed by atoms with Gasteiger partial charge in [0.25, 0.3) is 5.56 Å². The summed E-state index contributed by atoms with van der Waals surface area (Å²) in [6.07, 6.45) is 0. The van der Waals surface area contributed by atoms with Crippen LogP contribution in [0.5, 0.6) is 0 Å². The van der Waals surface area contributed by atoms with Crippen LogP contribution in [-0.2, 0) is 0 Å². The fourth-order valence-electron chi connectivity index (χ4n) is 2.37. The Morgan fingerprint density at radius 2 is 1.74 bits per heavy atom. The summed E-state index contributed by atoms with van der Waals surface area (Å²) in [6, 6.07) is 5.35. The highest BCUT2D eigenvalue weighted by atomic mass is 16.1. The molecule has 0 aromatic carbocycles. The Hall–Kier alpha value is -2.90. The number of rotatable bonds is 5. The SMILES string of the molecule is Cc1cc(=O)[nH]c(NCCNc2cc(C)nc3cc(C)nn23)n1. The first-order valence-electron chi connectivity index (χ1n) is 7.41. The summed E-state index contributed by atoms with van der Waals surface area (Å²) in [5.74, 6) is 1.36. The second-order valence-electron chi connectivity index (χ2n) is 5.43. The van der Waals surface area contributed by atoms with Gasteiger partial charge in [-0.2, -0.15) is 9.61 Å². The largest absolute Gasteiger partial charge is 0.368 e. The minimum absolute atomic E-state index is 0.161. The third-order valence-electron chi connectivity index (χ3n) is 3.27. The molecule has 0 aliphatic carbocycles. The van der Waals surface area contributed by atoms with Crippen molar-refractivity contribution in [2.24, 2.45) is 0 Å². The van der Waals surface area contributed by atoms with Crippen LogP contribution in [-0.4, -0.2) is 37.7 Å². The summed E-state index contributed by atoms with van der Waals surface area (Å²) in [4.78, 5) is 22.7. The molecule has 0 atom stereocenters. The van der Waals surface area contributed by atoms with E-state index in [0.29, 0.717) is 24.7 Å². The van der Waals surface area contributed by atoms with Crippen molar-refractivity contribution >= 4 is 17.4 Å². The average Bonchev–Trinajstić information content (AvgIpc) is 2.82. The van der Waals surface area contributed by atoms with Gasteiger partial charge in [-0.15, -0.1) is 0 Å². The molecular formula is C15H19N7O. The number of aromatic nitrogens is 5. The monoisotopic (exact) mass is 313 g/mol. The third kappa shape index (κ3) is 3.47. The van der Waals surface area contributed by atoms with Crippen LogP contribution in [0.25, 0.3) is 5.65 Å². The second kappa shape index (κ2) is 6.07. The van der Waals surface area contributed by atoms with Gasteiger partial charge in [0.1, 0.15) is 5.82 Å². The van der Waals surface area contributed by atoms with Crippen molar-refractivity contribution in [3.05, 3.63) is 45.6 Å². The maximum absolute atomic E-state index is 11.4. The minimum Gasteiger partial charge on any atom is -0.368 e. The van der Waals surface area contributed by atoms with E-state index in [2.05, 4.69) is 30.7 Å². The number of aromatic amines is 1. The summed E-state index contributed by atoms with van der Waals surface area (Å²) < 4.78 is 1.79. The van der Waals surface area contributed by atoms with Gasteiger partial charge in [-0.05, 0) is 20.8 Å². The topological polar surface area (TPSA) is 100 Å². The summed E-state index contributed by atoms with van der Waals surface area (Å²) >= 11 is 0. The molecule has 0 aliphatic heterocycles. The molecule has 0 saturated heterocycles. The normalized spacial score (nSPS) is 10.9. The lowest BCUT2D eigenvalue weighted by Crippen LogP contribution is -2.19. The molecule has 0 fully saturated rings. The molecule has 0 radical (unpaired) electrons. The zero-order valence-electron chi connectivity index (χ0n) is 13.3. The molecule has 0 spiro atoms. The lowest BCUT2D eigenvalue weighted by molar-refractivity contribution is 0.896. The molecule has 0 amide bonds. The highest BCUT2D eigenvalue weighted by Gasteiger charge is 2.06. The first-order valence-corrected chi connectivity index (χ1v) is 7.41. The predicted molar refractivity (Wildman–Crippen MR) is 89.0 cm³/mol. The molecule has 3 heterocycles. The smallest absolute Gasteiger partial charge is 0.252 e. The molecule has 23 heavy (non-hydrogen) atoms. The van der Waals surface area contributed by atoms with Gasteiger partial charge in [-0.3, -0.25) is 9.78 Å². The molecular weight excluding hydrogens is 294 g/mol. The van der Waals surface area contributed by atoms with E-state index in [1.807, 2.05) is 26.0 Å². The number of nitrogens with zero attached hydrogens (tertiary/aromatic N) is 4. The average molecular weight is 313 g/mol. The van der Waals surface area contributed by atoms with E-state index >= 15 is 0 Å². The van der Waals surface area contributed by atoms with Crippen molar-refractivity contribution in [2.75, 3.05) is 23.7 Å². The molecule has 3 rings (SSSR count). The lowest BCUT2D eigenvalue weighted by Gasteiger charge is -2.10. The van der Waals surface area contributed by atoms with Crippen molar-refractivity contribution < 1.29 is 0 Å². The van der Waals surface area contributed by atoms with Crippen LogP contribution in [0.4, 0.5) is 11.8 Å². The van der Waals surface area contributed by atoms with Gasteiger partial charge >= 0.3 is 0 Å². The molecule has 8 nitrogen and oxygen atoms in total. The van der Waals surface area contributed by atoms with Gasteiger partial charge < -0.3 is 10.6 Å². The van der Waals surface area contributed by atoms with Crippen molar-refractivity contribution in [3.8, 4) is 0 Å². The molecule has 0 saturated carbocycles. The Labute approximate surface area is 133 Å². The first-order chi connectivity index (χ1) is 11.0. The van der Waals surface area contributed by atoms with Crippen molar-refractivity contribution in [2.45, 2.75) is 20.8 Å². The van der Waals surface area contributed by atoms with Gasteiger partial charge in [0.2, 0.25) is 5.95 Å². The Bertz CT molecular complexity index is 896. The zero-order chi connectivity index (χ0) is 16.4. The van der Waals surface area contributed by atoms with Gasteiger partial charge in [0.15, 0.2) is 5.65 Å². The third-order valence-corrected chi connectivity index (χ3v) is 3.27. The number of anilines is 2. The van der Waals surface area contributed by atoms with E-state index in [1.54, 1.807) is 11.4 Å². The maximum atomic E-state index is 11.4. The molecule has 3 aromatic heterocycles. The van der Waals surface area contributed by atoms with Crippen LogP contribution in [0.15, 0.2) is 23.0 Å². The van der Waals surface area contributed by atoms with Crippen molar-refractivity contribution in [3.63, 3.8) is 0 Å². The Kier molecular flexibility index (Phi) is 3.96. The quantitative estimate of drug-likeness (QED) is 0.613. The van der Waals surface area contributed by atoms with Crippen molar-refractivity contribution in [1.29, 1.82) is 0 Å². The van der Waals surface area contributed by atoms with E-state index in [1.165, 1.54) is 6.07 Å². The van der Waals surface area contributed by atoms with Crippen LogP contribution in [0.3, 0.4) is 0 Å².